The molecule has 1 aromatic carbocycles. The molecule has 4 heteroatoms. The van der Waals surface area contributed by atoms with Crippen molar-refractivity contribution in [3.8, 4) is 5.75 Å². The van der Waals surface area contributed by atoms with E-state index >= 15 is 0 Å². The van der Waals surface area contributed by atoms with Gasteiger partial charge in [0, 0.05) is 24.3 Å². The Morgan fingerprint density at radius 1 is 1.35 bits per heavy atom. The van der Waals surface area contributed by atoms with E-state index in [1.54, 1.807) is 0 Å². The molecule has 0 aliphatic heterocycles. The van der Waals surface area contributed by atoms with E-state index in [0.29, 0.717) is 24.9 Å². The van der Waals surface area contributed by atoms with Crippen LogP contribution in [0.1, 0.15) is 39.0 Å². The van der Waals surface area contributed by atoms with Crippen molar-refractivity contribution < 1.29 is 9.84 Å². The van der Waals surface area contributed by atoms with Crippen LogP contribution in [0.3, 0.4) is 0 Å². The van der Waals surface area contributed by atoms with Gasteiger partial charge in [0.05, 0.1) is 18.9 Å². The maximum Gasteiger partial charge on any atom is 0.144 e. The first-order valence-electron chi connectivity index (χ1n) is 7.66. The lowest BCUT2D eigenvalue weighted by Gasteiger charge is -2.31. The summed E-state index contributed by atoms with van der Waals surface area (Å²) >= 11 is 0. The normalized spacial score (nSPS) is 15.5. The van der Waals surface area contributed by atoms with Crippen LogP contribution in [-0.2, 0) is 0 Å². The number of benzene rings is 1. The topological polar surface area (TPSA) is 58.7 Å². The largest absolute Gasteiger partial charge is 0.491 e. The van der Waals surface area contributed by atoms with Crippen LogP contribution in [-0.4, -0.2) is 30.9 Å². The standard InChI is InChI=1S/C16H26N2O2/c1-2-11-20-16-12-14(7-8-15(16)17)18(9-10-19)13-5-3-4-6-13/h7-8,12-13,19H,2-6,9-11,17H2,1H3. The molecule has 1 aliphatic carbocycles. The summed E-state index contributed by atoms with van der Waals surface area (Å²) in [6.45, 7) is 3.60. The minimum atomic E-state index is 0.173. The highest BCUT2D eigenvalue weighted by atomic mass is 16.5. The maximum absolute atomic E-state index is 9.33. The molecule has 0 atom stereocenters. The Morgan fingerprint density at radius 3 is 2.75 bits per heavy atom. The smallest absolute Gasteiger partial charge is 0.144 e. The van der Waals surface area contributed by atoms with Crippen LogP contribution in [0.15, 0.2) is 18.2 Å². The first kappa shape index (κ1) is 15.0. The fraction of sp³-hybridized carbons (Fsp3) is 0.625. The van der Waals surface area contributed by atoms with Crippen LogP contribution < -0.4 is 15.4 Å². The summed E-state index contributed by atoms with van der Waals surface area (Å²) in [5.74, 6) is 0.755. The van der Waals surface area contributed by atoms with Crippen LogP contribution >= 0.6 is 0 Å². The van der Waals surface area contributed by atoms with Crippen LogP contribution in [0, 0.1) is 0 Å². The van der Waals surface area contributed by atoms with E-state index in [1.807, 2.05) is 18.2 Å². The summed E-state index contributed by atoms with van der Waals surface area (Å²) in [6.07, 6.45) is 5.93. The molecule has 0 saturated heterocycles. The van der Waals surface area contributed by atoms with E-state index in [2.05, 4.69) is 11.8 Å². The Bertz CT molecular complexity index is 417. The lowest BCUT2D eigenvalue weighted by molar-refractivity contribution is 0.297. The van der Waals surface area contributed by atoms with Crippen LogP contribution in [0.5, 0.6) is 5.75 Å². The molecule has 3 N–H and O–H groups in total. The highest BCUT2D eigenvalue weighted by molar-refractivity contribution is 5.62. The number of hydrogen-bond acceptors (Lipinski definition) is 4. The molecule has 1 aliphatic rings. The van der Waals surface area contributed by atoms with Crippen molar-refractivity contribution in [2.75, 3.05) is 30.4 Å². The molecule has 4 nitrogen and oxygen atoms in total. The lowest BCUT2D eigenvalue weighted by atomic mass is 10.1. The summed E-state index contributed by atoms with van der Waals surface area (Å²) in [5.41, 5.74) is 7.75. The van der Waals surface area contributed by atoms with Gasteiger partial charge >= 0.3 is 0 Å². The zero-order chi connectivity index (χ0) is 14.4. The molecule has 0 unspecified atom stereocenters. The van der Waals surface area contributed by atoms with Crippen molar-refractivity contribution in [1.29, 1.82) is 0 Å². The quantitative estimate of drug-likeness (QED) is 0.753. The van der Waals surface area contributed by atoms with Crippen molar-refractivity contribution in [2.45, 2.75) is 45.1 Å². The summed E-state index contributed by atoms with van der Waals surface area (Å²) in [6, 6.07) is 6.48. The van der Waals surface area contributed by atoms with Crippen LogP contribution in [0.25, 0.3) is 0 Å². The minimum absolute atomic E-state index is 0.173. The van der Waals surface area contributed by atoms with Crippen LogP contribution in [0.4, 0.5) is 11.4 Å². The predicted molar refractivity (Wildman–Crippen MR) is 83.3 cm³/mol. The van der Waals surface area contributed by atoms with Crippen molar-refractivity contribution in [3.05, 3.63) is 18.2 Å². The molecule has 0 amide bonds. The summed E-state index contributed by atoms with van der Waals surface area (Å²) in [4.78, 5) is 2.30. The summed E-state index contributed by atoms with van der Waals surface area (Å²) in [5, 5.41) is 9.33. The predicted octanol–water partition coefficient (Wildman–Crippen LogP) is 2.80. The number of ether oxygens (including phenoxy) is 1. The van der Waals surface area contributed by atoms with Gasteiger partial charge < -0.3 is 20.5 Å². The molecular formula is C16H26N2O2. The van der Waals surface area contributed by atoms with E-state index in [9.17, 15) is 5.11 Å². The summed E-state index contributed by atoms with van der Waals surface area (Å²) < 4.78 is 5.70. The molecular weight excluding hydrogens is 252 g/mol. The number of hydrogen-bond donors (Lipinski definition) is 2. The average molecular weight is 278 g/mol. The van der Waals surface area contributed by atoms with Gasteiger partial charge in [-0.15, -0.1) is 0 Å². The third-order valence-electron chi connectivity index (χ3n) is 3.90. The van der Waals surface area contributed by atoms with E-state index in [1.165, 1.54) is 25.7 Å². The second kappa shape index (κ2) is 7.39. The van der Waals surface area contributed by atoms with Gasteiger partial charge in [-0.3, -0.25) is 0 Å². The Morgan fingerprint density at radius 2 is 2.10 bits per heavy atom. The summed E-state index contributed by atoms with van der Waals surface area (Å²) in [7, 11) is 0. The van der Waals surface area contributed by atoms with Crippen molar-refractivity contribution in [3.63, 3.8) is 0 Å². The molecule has 20 heavy (non-hydrogen) atoms. The number of nitrogens with two attached hydrogens (primary N) is 1. The van der Waals surface area contributed by atoms with Crippen molar-refractivity contribution in [1.82, 2.24) is 0 Å². The minimum Gasteiger partial charge on any atom is -0.491 e. The highest BCUT2D eigenvalue weighted by Gasteiger charge is 2.23. The van der Waals surface area contributed by atoms with Gasteiger partial charge in [0.2, 0.25) is 0 Å². The number of rotatable bonds is 7. The van der Waals surface area contributed by atoms with Crippen LogP contribution in [0.2, 0.25) is 0 Å². The molecule has 0 heterocycles. The fourth-order valence-corrected chi connectivity index (χ4v) is 2.88. The molecule has 1 aromatic rings. The molecule has 1 saturated carbocycles. The van der Waals surface area contributed by atoms with Gasteiger partial charge in [0.1, 0.15) is 5.75 Å². The molecule has 1 fully saturated rings. The number of anilines is 2. The number of aliphatic hydroxyl groups is 1. The first-order chi connectivity index (χ1) is 9.76. The van der Waals surface area contributed by atoms with Gasteiger partial charge in [0.15, 0.2) is 0 Å². The van der Waals surface area contributed by atoms with E-state index in [0.717, 1.165) is 17.9 Å². The zero-order valence-electron chi connectivity index (χ0n) is 12.3. The van der Waals surface area contributed by atoms with Crippen molar-refractivity contribution >= 4 is 11.4 Å². The molecule has 0 bridgehead atoms. The zero-order valence-corrected chi connectivity index (χ0v) is 12.3. The Hall–Kier alpha value is -1.42. The third-order valence-corrected chi connectivity index (χ3v) is 3.90. The van der Waals surface area contributed by atoms with Crippen molar-refractivity contribution in [2.24, 2.45) is 0 Å². The highest BCUT2D eigenvalue weighted by Crippen LogP contribution is 2.32. The second-order valence-corrected chi connectivity index (χ2v) is 5.43. The maximum atomic E-state index is 9.33. The van der Waals surface area contributed by atoms with E-state index in [-0.39, 0.29) is 6.61 Å². The molecule has 0 spiro atoms. The molecule has 0 aromatic heterocycles. The molecule has 2 rings (SSSR count). The lowest BCUT2D eigenvalue weighted by Crippen LogP contribution is -2.35. The SMILES string of the molecule is CCCOc1cc(N(CCO)C2CCCC2)ccc1N. The first-order valence-corrected chi connectivity index (χ1v) is 7.66. The van der Waals surface area contributed by atoms with Gasteiger partial charge in [0.25, 0.3) is 0 Å². The Kier molecular flexibility index (Phi) is 5.53. The number of aliphatic hydroxyl groups excluding tert-OH is 1. The number of nitrogens with zero attached hydrogens (tertiary/aromatic N) is 1. The van der Waals surface area contributed by atoms with E-state index < -0.39 is 0 Å². The van der Waals surface area contributed by atoms with Gasteiger partial charge in [-0.2, -0.15) is 0 Å². The fourth-order valence-electron chi connectivity index (χ4n) is 2.88. The van der Waals surface area contributed by atoms with Gasteiger partial charge in [-0.1, -0.05) is 19.8 Å². The van der Waals surface area contributed by atoms with Gasteiger partial charge in [-0.05, 0) is 31.4 Å². The molecule has 112 valence electrons. The van der Waals surface area contributed by atoms with E-state index in [4.69, 9.17) is 10.5 Å². The average Bonchev–Trinajstić information content (AvgIpc) is 2.98. The molecule has 0 radical (unpaired) electrons. The van der Waals surface area contributed by atoms with Gasteiger partial charge in [-0.25, -0.2) is 0 Å². The Labute approximate surface area is 121 Å². The second-order valence-electron chi connectivity index (χ2n) is 5.43. The third kappa shape index (κ3) is 3.57. The number of nitrogen functional groups attached to an aromatic ring is 1. The monoisotopic (exact) mass is 278 g/mol. The Balaban J connectivity index is 2.18.